The van der Waals surface area contributed by atoms with E-state index in [9.17, 15) is 9.59 Å². The monoisotopic (exact) mass is 525 g/mol. The van der Waals surface area contributed by atoms with Gasteiger partial charge in [-0.25, -0.2) is 4.98 Å². The molecule has 4 rings (SSSR count). The smallest absolute Gasteiger partial charge is 0.264 e. The van der Waals surface area contributed by atoms with Crippen LogP contribution in [-0.4, -0.2) is 39.4 Å². The molecule has 0 atom stereocenters. The lowest BCUT2D eigenvalue weighted by molar-refractivity contribution is -0.118. The number of halogens is 2. The number of hydrogen-bond donors (Lipinski definition) is 2. The number of nitrogens with one attached hydrogen (secondary N) is 2. The molecule has 2 amide bonds. The Labute approximate surface area is 204 Å². The zero-order valence-corrected chi connectivity index (χ0v) is 20.0. The molecule has 8 nitrogen and oxygen atoms in total. The molecule has 0 saturated heterocycles. The molecule has 0 fully saturated rings. The summed E-state index contributed by atoms with van der Waals surface area (Å²) in [4.78, 5) is 28.6. The van der Waals surface area contributed by atoms with E-state index in [2.05, 4.69) is 25.8 Å². The second-order valence-electron chi connectivity index (χ2n) is 6.11. The number of nitrogens with zero attached hydrogens (tertiary/aromatic N) is 3. The minimum Gasteiger partial charge on any atom is -0.482 e. The maximum Gasteiger partial charge on any atom is 0.264 e. The summed E-state index contributed by atoms with van der Waals surface area (Å²) in [7, 11) is 0. The van der Waals surface area contributed by atoms with Crippen LogP contribution in [0.15, 0.2) is 46.8 Å². The summed E-state index contributed by atoms with van der Waals surface area (Å²) in [6.07, 6.45) is 0. The van der Waals surface area contributed by atoms with Gasteiger partial charge in [0.25, 0.3) is 5.91 Å². The number of fused-ring (bicyclic) bond motifs is 1. The number of para-hydroxylation sites is 1. The molecule has 164 valence electrons. The number of hydrogen-bond acceptors (Lipinski definition) is 9. The Morgan fingerprint density at radius 1 is 1.00 bits per heavy atom. The van der Waals surface area contributed by atoms with E-state index >= 15 is 0 Å². The minimum absolute atomic E-state index is 0.136. The van der Waals surface area contributed by atoms with Crippen LogP contribution in [0.25, 0.3) is 10.2 Å². The van der Waals surface area contributed by atoms with Crippen molar-refractivity contribution >= 4 is 89.9 Å². The summed E-state index contributed by atoms with van der Waals surface area (Å²) in [5.41, 5.74) is 0.840. The maximum absolute atomic E-state index is 12.2. The predicted octanol–water partition coefficient (Wildman–Crippen LogP) is 5.20. The number of amides is 2. The third kappa shape index (κ3) is 6.08. The molecule has 2 heterocycles. The number of carbonyl (C=O) groups excluding carboxylic acids is 2. The van der Waals surface area contributed by atoms with Crippen LogP contribution in [0.3, 0.4) is 0 Å². The van der Waals surface area contributed by atoms with Gasteiger partial charge in [0.1, 0.15) is 5.75 Å². The first-order chi connectivity index (χ1) is 15.5. The number of aromatic nitrogens is 3. The number of benzene rings is 2. The van der Waals surface area contributed by atoms with Gasteiger partial charge >= 0.3 is 0 Å². The van der Waals surface area contributed by atoms with Crippen molar-refractivity contribution in [3.63, 3.8) is 0 Å². The Bertz CT molecular complexity index is 1250. The van der Waals surface area contributed by atoms with E-state index in [-0.39, 0.29) is 18.3 Å². The van der Waals surface area contributed by atoms with Gasteiger partial charge in [0.05, 0.1) is 21.0 Å². The van der Waals surface area contributed by atoms with Gasteiger partial charge in [-0.15, -0.1) is 10.2 Å². The lowest BCUT2D eigenvalue weighted by atomic mass is 10.3. The van der Waals surface area contributed by atoms with Gasteiger partial charge in [0.2, 0.25) is 11.0 Å². The third-order valence-corrected chi connectivity index (χ3v) is 7.23. The molecular weight excluding hydrogens is 513 g/mol. The summed E-state index contributed by atoms with van der Waals surface area (Å²) < 4.78 is 6.93. The van der Waals surface area contributed by atoms with Gasteiger partial charge in [-0.1, -0.05) is 69.8 Å². The molecule has 0 bridgehead atoms. The molecule has 0 aliphatic rings. The van der Waals surface area contributed by atoms with Crippen molar-refractivity contribution in [1.29, 1.82) is 0 Å². The van der Waals surface area contributed by atoms with Gasteiger partial charge in [-0.3, -0.25) is 14.9 Å². The largest absolute Gasteiger partial charge is 0.482 e. The standard InChI is InChI=1S/C19H13Cl2N5O3S3/c20-10-5-6-13(11(21)7-10)29-8-15(27)23-18-25-26-19(32-18)30-9-16(28)24-17-22-12-3-1-2-4-14(12)31-17/h1-7H,8-9H2,(H,22,24,28)(H,23,25,27). The van der Waals surface area contributed by atoms with Crippen molar-refractivity contribution < 1.29 is 14.3 Å². The first kappa shape index (κ1) is 22.7. The lowest BCUT2D eigenvalue weighted by Crippen LogP contribution is -2.20. The summed E-state index contributed by atoms with van der Waals surface area (Å²) in [6.45, 7) is -0.256. The topological polar surface area (TPSA) is 106 Å². The SMILES string of the molecule is O=C(COc1ccc(Cl)cc1Cl)Nc1nnc(SCC(=O)Nc2nc3ccccc3s2)s1. The van der Waals surface area contributed by atoms with Gasteiger partial charge in [-0.2, -0.15) is 0 Å². The van der Waals surface area contributed by atoms with E-state index in [1.54, 1.807) is 12.1 Å². The summed E-state index contributed by atoms with van der Waals surface area (Å²) in [6, 6.07) is 12.4. The molecule has 0 radical (unpaired) electrons. The number of anilines is 2. The van der Waals surface area contributed by atoms with E-state index in [4.69, 9.17) is 27.9 Å². The zero-order chi connectivity index (χ0) is 22.5. The Kier molecular flexibility index (Phi) is 7.43. The molecule has 0 unspecified atom stereocenters. The van der Waals surface area contributed by atoms with E-state index in [0.717, 1.165) is 21.6 Å². The van der Waals surface area contributed by atoms with Crippen LogP contribution in [0, 0.1) is 0 Å². The molecule has 2 N–H and O–H groups in total. The number of ether oxygens (including phenoxy) is 1. The summed E-state index contributed by atoms with van der Waals surface area (Å²) in [5.74, 6) is -0.143. The Balaban J connectivity index is 1.23. The van der Waals surface area contributed by atoms with E-state index in [1.165, 1.54) is 29.2 Å². The van der Waals surface area contributed by atoms with Crippen molar-refractivity contribution in [2.75, 3.05) is 23.0 Å². The average Bonchev–Trinajstić information content (AvgIpc) is 3.37. The van der Waals surface area contributed by atoms with Crippen molar-refractivity contribution in [1.82, 2.24) is 15.2 Å². The summed E-state index contributed by atoms with van der Waals surface area (Å²) in [5, 5.41) is 14.9. The normalized spacial score (nSPS) is 10.8. The minimum atomic E-state index is -0.419. The van der Waals surface area contributed by atoms with Crippen LogP contribution in [0.1, 0.15) is 0 Å². The van der Waals surface area contributed by atoms with Crippen molar-refractivity contribution in [3.05, 3.63) is 52.5 Å². The molecular formula is C19H13Cl2N5O3S3. The van der Waals surface area contributed by atoms with Gasteiger partial charge < -0.3 is 10.1 Å². The highest BCUT2D eigenvalue weighted by atomic mass is 35.5. The van der Waals surface area contributed by atoms with Gasteiger partial charge in [-0.05, 0) is 30.3 Å². The molecule has 32 heavy (non-hydrogen) atoms. The quantitative estimate of drug-likeness (QED) is 0.240. The first-order valence-electron chi connectivity index (χ1n) is 8.96. The van der Waals surface area contributed by atoms with Crippen LogP contribution >= 0.6 is 57.6 Å². The number of carbonyl (C=O) groups is 2. The molecule has 2 aromatic carbocycles. The van der Waals surface area contributed by atoms with Crippen molar-refractivity contribution in [2.24, 2.45) is 0 Å². The molecule has 2 aromatic heterocycles. The fourth-order valence-corrected chi connectivity index (χ4v) is 5.33. The highest BCUT2D eigenvalue weighted by Crippen LogP contribution is 2.29. The van der Waals surface area contributed by atoms with Gasteiger partial charge in [0.15, 0.2) is 16.1 Å². The molecule has 0 aliphatic heterocycles. The van der Waals surface area contributed by atoms with Crippen LogP contribution in [-0.2, 0) is 9.59 Å². The van der Waals surface area contributed by atoms with Crippen molar-refractivity contribution in [3.8, 4) is 5.75 Å². The Hall–Kier alpha value is -2.44. The van der Waals surface area contributed by atoms with Crippen LogP contribution < -0.4 is 15.4 Å². The lowest BCUT2D eigenvalue weighted by Gasteiger charge is -2.07. The number of rotatable bonds is 8. The molecule has 13 heteroatoms. The second kappa shape index (κ2) is 10.5. The molecule has 0 spiro atoms. The van der Waals surface area contributed by atoms with E-state index in [1.807, 2.05) is 24.3 Å². The number of thioether (sulfide) groups is 1. The average molecular weight is 526 g/mol. The maximum atomic E-state index is 12.2. The van der Waals surface area contributed by atoms with Gasteiger partial charge in [0, 0.05) is 5.02 Å². The molecule has 0 aliphatic carbocycles. The first-order valence-corrected chi connectivity index (χ1v) is 12.3. The predicted molar refractivity (Wildman–Crippen MR) is 129 cm³/mol. The van der Waals surface area contributed by atoms with E-state index in [0.29, 0.717) is 30.4 Å². The fourth-order valence-electron chi connectivity index (χ4n) is 2.42. The number of thiazole rings is 1. The van der Waals surface area contributed by atoms with Crippen LogP contribution in [0.5, 0.6) is 5.75 Å². The van der Waals surface area contributed by atoms with Crippen molar-refractivity contribution in [2.45, 2.75) is 4.34 Å². The fraction of sp³-hybridized carbons (Fsp3) is 0.105. The van der Waals surface area contributed by atoms with Crippen LogP contribution in [0.4, 0.5) is 10.3 Å². The second-order valence-corrected chi connectivity index (χ2v) is 10.2. The highest BCUT2D eigenvalue weighted by Gasteiger charge is 2.13. The molecule has 0 saturated carbocycles. The van der Waals surface area contributed by atoms with E-state index < -0.39 is 5.91 Å². The molecule has 4 aromatic rings. The summed E-state index contributed by atoms with van der Waals surface area (Å²) >= 11 is 15.6. The highest BCUT2D eigenvalue weighted by molar-refractivity contribution is 8.01. The Morgan fingerprint density at radius 2 is 1.81 bits per heavy atom. The third-order valence-electron chi connectivity index (χ3n) is 3.77. The Morgan fingerprint density at radius 3 is 2.62 bits per heavy atom. The zero-order valence-electron chi connectivity index (χ0n) is 16.0. The van der Waals surface area contributed by atoms with Crippen LogP contribution in [0.2, 0.25) is 10.0 Å².